The van der Waals surface area contributed by atoms with Crippen molar-refractivity contribution >= 4 is 28.0 Å². The fourth-order valence-electron chi connectivity index (χ4n) is 3.53. The third kappa shape index (κ3) is 10.0. The maximum Gasteiger partial charge on any atom is 0.325 e. The molecule has 0 aromatic heterocycles. The van der Waals surface area contributed by atoms with Crippen LogP contribution in [0.4, 0.5) is 0 Å². The summed E-state index contributed by atoms with van der Waals surface area (Å²) >= 11 is 0. The van der Waals surface area contributed by atoms with Crippen molar-refractivity contribution in [1.82, 2.24) is 5.32 Å². The lowest BCUT2D eigenvalue weighted by Gasteiger charge is -2.34. The van der Waals surface area contributed by atoms with Crippen molar-refractivity contribution in [2.45, 2.75) is 95.7 Å². The molecule has 5 nitrogen and oxygen atoms in total. The Kier molecular flexibility index (Phi) is 9.63. The smallest absolute Gasteiger partial charge is 0.325 e. The van der Waals surface area contributed by atoms with E-state index in [1.165, 1.54) is 18.1 Å². The first-order chi connectivity index (χ1) is 12.8. The molecule has 7 heteroatoms. The number of hydrogen-bond donors (Lipinski definition) is 2. The van der Waals surface area contributed by atoms with Gasteiger partial charge < -0.3 is 15.2 Å². The summed E-state index contributed by atoms with van der Waals surface area (Å²) in [5.41, 5.74) is 0.353. The molecule has 1 amide bonds. The molecule has 0 aromatic rings. The first kappa shape index (κ1) is 25.1. The zero-order valence-corrected chi connectivity index (χ0v) is 20.8. The van der Waals surface area contributed by atoms with Gasteiger partial charge in [-0.1, -0.05) is 63.9 Å². The van der Waals surface area contributed by atoms with Crippen LogP contribution in [0.3, 0.4) is 0 Å². The number of amides is 1. The van der Waals surface area contributed by atoms with Crippen LogP contribution in [0.15, 0.2) is 12.2 Å². The Labute approximate surface area is 173 Å². The topological polar surface area (TPSA) is 75.6 Å². The number of aliphatic hydroxyl groups is 1. The van der Waals surface area contributed by atoms with Crippen molar-refractivity contribution in [3.8, 4) is 0 Å². The van der Waals surface area contributed by atoms with E-state index >= 15 is 0 Å². The van der Waals surface area contributed by atoms with E-state index in [1.54, 1.807) is 6.92 Å². The molecular weight excluding hydrogens is 386 g/mol. The minimum atomic E-state index is -1.20. The van der Waals surface area contributed by atoms with Crippen LogP contribution in [0, 0.1) is 5.92 Å². The average molecular weight is 428 g/mol. The molecular formula is C21H41NO4Si2. The summed E-state index contributed by atoms with van der Waals surface area (Å²) in [4.78, 5) is 23.5. The minimum Gasteiger partial charge on any atom is -0.458 e. The van der Waals surface area contributed by atoms with Crippen molar-refractivity contribution in [2.24, 2.45) is 5.92 Å². The van der Waals surface area contributed by atoms with Crippen LogP contribution in [0.5, 0.6) is 0 Å². The van der Waals surface area contributed by atoms with Gasteiger partial charge in [0.05, 0.1) is 6.10 Å². The molecule has 1 rings (SSSR count). The lowest BCUT2D eigenvalue weighted by atomic mass is 9.84. The van der Waals surface area contributed by atoms with Crippen LogP contribution >= 0.6 is 0 Å². The highest BCUT2D eigenvalue weighted by molar-refractivity contribution is 6.82. The molecule has 0 spiro atoms. The zero-order valence-electron chi connectivity index (χ0n) is 18.8. The van der Waals surface area contributed by atoms with Crippen molar-refractivity contribution in [1.29, 1.82) is 0 Å². The van der Waals surface area contributed by atoms with Crippen molar-refractivity contribution in [3.63, 3.8) is 0 Å². The Morgan fingerprint density at radius 2 is 1.75 bits per heavy atom. The van der Waals surface area contributed by atoms with Crippen LogP contribution in [0.2, 0.25) is 50.9 Å². The largest absolute Gasteiger partial charge is 0.458 e. The van der Waals surface area contributed by atoms with Crippen LogP contribution in [-0.4, -0.2) is 51.9 Å². The molecule has 28 heavy (non-hydrogen) atoms. The summed E-state index contributed by atoms with van der Waals surface area (Å²) in [5, 5.41) is 12.7. The Bertz CT molecular complexity index is 557. The Hall–Kier alpha value is -0.926. The van der Waals surface area contributed by atoms with Gasteiger partial charge in [0.2, 0.25) is 5.91 Å². The minimum absolute atomic E-state index is 0.184. The fraction of sp³-hybridized carbons (Fsp3) is 0.810. The van der Waals surface area contributed by atoms with Gasteiger partial charge in [-0.3, -0.25) is 9.59 Å². The van der Waals surface area contributed by atoms with E-state index in [4.69, 9.17) is 4.74 Å². The lowest BCUT2D eigenvalue weighted by Crippen LogP contribution is -2.40. The van der Waals surface area contributed by atoms with E-state index in [9.17, 15) is 14.7 Å². The van der Waals surface area contributed by atoms with E-state index in [2.05, 4.69) is 44.6 Å². The number of ether oxygens (including phenoxy) is 1. The molecule has 1 aliphatic rings. The molecule has 0 radical (unpaired) electrons. The molecule has 0 saturated heterocycles. The number of carbonyl (C=O) groups is 2. The van der Waals surface area contributed by atoms with E-state index < -0.39 is 34.3 Å². The third-order valence-corrected chi connectivity index (χ3v) is 11.2. The molecule has 2 N–H and O–H groups in total. The highest BCUT2D eigenvalue weighted by atomic mass is 28.3. The maximum atomic E-state index is 12.0. The van der Waals surface area contributed by atoms with Gasteiger partial charge >= 0.3 is 5.97 Å². The third-order valence-electron chi connectivity index (χ3n) is 5.71. The highest BCUT2D eigenvalue weighted by Crippen LogP contribution is 2.33. The average Bonchev–Trinajstić information content (AvgIpc) is 2.58. The number of carbonyl (C=O) groups excluding carboxylic acids is 2. The van der Waals surface area contributed by atoms with Crippen molar-refractivity contribution < 1.29 is 19.4 Å². The lowest BCUT2D eigenvalue weighted by molar-refractivity contribution is -0.158. The van der Waals surface area contributed by atoms with Gasteiger partial charge in [0, 0.05) is 21.7 Å². The second kappa shape index (κ2) is 10.7. The second-order valence-corrected chi connectivity index (χ2v) is 21.5. The monoisotopic (exact) mass is 427 g/mol. The maximum absolute atomic E-state index is 12.0. The summed E-state index contributed by atoms with van der Waals surface area (Å²) in [5.74, 6) is -0.349. The van der Waals surface area contributed by atoms with Gasteiger partial charge in [-0.05, 0) is 32.1 Å². The van der Waals surface area contributed by atoms with Crippen LogP contribution in [0.1, 0.15) is 32.6 Å². The van der Waals surface area contributed by atoms with Gasteiger partial charge in [0.15, 0.2) is 0 Å². The molecule has 3 unspecified atom stereocenters. The van der Waals surface area contributed by atoms with Crippen LogP contribution < -0.4 is 5.32 Å². The predicted molar refractivity (Wildman–Crippen MR) is 121 cm³/mol. The highest BCUT2D eigenvalue weighted by Gasteiger charge is 2.33. The predicted octanol–water partition coefficient (Wildman–Crippen LogP) is 4.19. The molecule has 0 aromatic carbocycles. The van der Waals surface area contributed by atoms with Gasteiger partial charge in [0.1, 0.15) is 12.6 Å². The molecule has 1 fully saturated rings. The summed E-state index contributed by atoms with van der Waals surface area (Å²) < 4.78 is 5.47. The first-order valence-corrected chi connectivity index (χ1v) is 17.7. The van der Waals surface area contributed by atoms with Crippen molar-refractivity contribution in [2.75, 3.05) is 6.54 Å². The fourth-order valence-corrected chi connectivity index (χ4v) is 10.7. The van der Waals surface area contributed by atoms with Crippen LogP contribution in [-0.2, 0) is 14.3 Å². The molecule has 1 saturated carbocycles. The summed E-state index contributed by atoms with van der Waals surface area (Å²) in [6.07, 6.45) is 2.50. The standard InChI is InChI=1S/C21H41NO4Si2/c1-16(2)21(25)22-15-20(24)26-19-14-17(8-9-18(19)23)10-11-28(6,7)13-12-27(3,4)5/h17-19,23H,1,8-15H2,2-7H3,(H,22,25). The molecule has 0 bridgehead atoms. The molecule has 3 atom stereocenters. The molecule has 0 aliphatic heterocycles. The SMILES string of the molecule is C=C(C)C(=O)NCC(=O)OC1CC(CC[Si](C)(C)CC[Si](C)(C)C)CCC1O. The Balaban J connectivity index is 2.45. The number of rotatable bonds is 10. The van der Waals surface area contributed by atoms with Gasteiger partial charge in [-0.15, -0.1) is 0 Å². The molecule has 162 valence electrons. The second-order valence-electron chi connectivity index (χ2n) is 10.5. The number of nitrogens with one attached hydrogen (secondary N) is 1. The molecule has 0 heterocycles. The summed E-state index contributed by atoms with van der Waals surface area (Å²) in [7, 11) is -2.18. The number of esters is 1. The number of hydrogen-bond acceptors (Lipinski definition) is 4. The first-order valence-electron chi connectivity index (χ1n) is 10.6. The molecule has 1 aliphatic carbocycles. The van der Waals surface area contributed by atoms with E-state index in [0.717, 1.165) is 19.3 Å². The zero-order chi connectivity index (χ0) is 21.5. The van der Waals surface area contributed by atoms with Gasteiger partial charge in [-0.25, -0.2) is 0 Å². The Morgan fingerprint density at radius 1 is 1.11 bits per heavy atom. The summed E-state index contributed by atoms with van der Waals surface area (Å²) in [6.45, 7) is 17.3. The van der Waals surface area contributed by atoms with E-state index in [1.807, 2.05) is 0 Å². The van der Waals surface area contributed by atoms with E-state index in [0.29, 0.717) is 17.9 Å². The quantitative estimate of drug-likeness (QED) is 0.311. The van der Waals surface area contributed by atoms with Gasteiger partial charge in [-0.2, -0.15) is 0 Å². The Morgan fingerprint density at radius 3 is 2.32 bits per heavy atom. The van der Waals surface area contributed by atoms with Crippen LogP contribution in [0.25, 0.3) is 0 Å². The van der Waals surface area contributed by atoms with Crippen molar-refractivity contribution in [3.05, 3.63) is 12.2 Å². The number of aliphatic hydroxyl groups excluding tert-OH is 1. The normalized spacial score (nSPS) is 23.2. The summed E-state index contributed by atoms with van der Waals surface area (Å²) in [6, 6.07) is 4.11. The van der Waals surface area contributed by atoms with E-state index in [-0.39, 0.29) is 12.5 Å². The van der Waals surface area contributed by atoms with Gasteiger partial charge in [0.25, 0.3) is 0 Å².